The first kappa shape index (κ1) is 33.1. The van der Waals surface area contributed by atoms with Crippen LogP contribution in [0.15, 0.2) is 66.9 Å². The fourth-order valence-electron chi connectivity index (χ4n) is 7.08. The number of hydroxylamine groups is 3. The third kappa shape index (κ3) is 8.14. The van der Waals surface area contributed by atoms with Crippen molar-refractivity contribution in [1.82, 2.24) is 19.8 Å². The van der Waals surface area contributed by atoms with Crippen LogP contribution in [0.25, 0.3) is 11.3 Å². The van der Waals surface area contributed by atoms with Gasteiger partial charge in [0.25, 0.3) is 0 Å². The second-order valence-electron chi connectivity index (χ2n) is 14.0. The molecular weight excluding hydrogens is 564 g/mol. The second-order valence-corrected chi connectivity index (χ2v) is 14.0. The SMILES string of the molecule is CC(C)(C)[C@H](c1nc(-c2ccccc2)cn1Cc1ccccc1)N(CC[C@H](N)CO)C(=O)O[N+]1(C2CCNCC2)CCCCC1. The molecule has 244 valence electrons. The summed E-state index contributed by atoms with van der Waals surface area (Å²) in [5.74, 6) is 0.812. The number of carbonyl (C=O) groups is 1. The zero-order valence-corrected chi connectivity index (χ0v) is 27.4. The lowest BCUT2D eigenvalue weighted by molar-refractivity contribution is -1.11. The summed E-state index contributed by atoms with van der Waals surface area (Å²) in [6, 6.07) is 20.0. The summed E-state index contributed by atoms with van der Waals surface area (Å²) in [5.41, 5.74) is 8.91. The number of piperidine rings is 2. The maximum atomic E-state index is 14.7. The zero-order valence-electron chi connectivity index (χ0n) is 27.4. The van der Waals surface area contributed by atoms with Crippen LogP contribution in [-0.4, -0.2) is 81.7 Å². The number of nitrogens with zero attached hydrogens (tertiary/aromatic N) is 4. The molecule has 2 aliphatic heterocycles. The van der Waals surface area contributed by atoms with Crippen LogP contribution in [0.1, 0.15) is 76.7 Å². The van der Waals surface area contributed by atoms with E-state index in [0.717, 1.165) is 74.5 Å². The summed E-state index contributed by atoms with van der Waals surface area (Å²) in [4.78, 5) is 28.6. The average Bonchev–Trinajstić information content (AvgIpc) is 3.46. The molecule has 9 heteroatoms. The van der Waals surface area contributed by atoms with Crippen LogP contribution in [0.3, 0.4) is 0 Å². The average molecular weight is 618 g/mol. The van der Waals surface area contributed by atoms with Gasteiger partial charge < -0.3 is 20.7 Å². The highest BCUT2D eigenvalue weighted by molar-refractivity contribution is 5.68. The quantitative estimate of drug-likeness (QED) is 0.246. The summed E-state index contributed by atoms with van der Waals surface area (Å²) < 4.78 is 2.59. The summed E-state index contributed by atoms with van der Waals surface area (Å²) in [6.45, 7) is 10.9. The van der Waals surface area contributed by atoms with Crippen LogP contribution in [0.2, 0.25) is 0 Å². The van der Waals surface area contributed by atoms with Gasteiger partial charge >= 0.3 is 6.09 Å². The van der Waals surface area contributed by atoms with E-state index in [2.05, 4.69) is 61.1 Å². The normalized spacial score (nSPS) is 18.7. The Hall–Kier alpha value is -3.24. The molecule has 0 bridgehead atoms. The van der Waals surface area contributed by atoms with Crippen LogP contribution >= 0.6 is 0 Å². The number of quaternary nitrogens is 1. The van der Waals surface area contributed by atoms with Crippen molar-refractivity contribution in [3.8, 4) is 11.3 Å². The molecule has 45 heavy (non-hydrogen) atoms. The van der Waals surface area contributed by atoms with E-state index in [1.165, 1.54) is 6.42 Å². The van der Waals surface area contributed by atoms with Gasteiger partial charge in [0.15, 0.2) is 0 Å². The van der Waals surface area contributed by atoms with E-state index in [0.29, 0.717) is 24.2 Å². The monoisotopic (exact) mass is 617 g/mol. The Balaban J connectivity index is 1.57. The van der Waals surface area contributed by atoms with Crippen LogP contribution in [0, 0.1) is 5.41 Å². The summed E-state index contributed by atoms with van der Waals surface area (Å²) in [7, 11) is 0. The van der Waals surface area contributed by atoms with Gasteiger partial charge in [-0.2, -0.15) is 0 Å². The third-order valence-corrected chi connectivity index (χ3v) is 9.47. The first-order valence-electron chi connectivity index (χ1n) is 16.8. The van der Waals surface area contributed by atoms with Crippen molar-refractivity contribution in [3.63, 3.8) is 0 Å². The van der Waals surface area contributed by atoms with E-state index in [4.69, 9.17) is 15.6 Å². The van der Waals surface area contributed by atoms with Crippen molar-refractivity contribution >= 4 is 6.09 Å². The van der Waals surface area contributed by atoms with Gasteiger partial charge in [-0.1, -0.05) is 81.4 Å². The van der Waals surface area contributed by atoms with E-state index < -0.39 is 17.5 Å². The largest absolute Gasteiger partial charge is 0.465 e. The number of hydrogen-bond acceptors (Lipinski definition) is 6. The van der Waals surface area contributed by atoms with Crippen molar-refractivity contribution in [2.75, 3.05) is 39.3 Å². The van der Waals surface area contributed by atoms with Crippen molar-refractivity contribution < 1.29 is 19.4 Å². The number of aliphatic hydroxyl groups is 1. The number of nitrogens with two attached hydrogens (primary N) is 1. The summed E-state index contributed by atoms with van der Waals surface area (Å²) in [6.07, 6.45) is 7.50. The first-order chi connectivity index (χ1) is 21.7. The molecule has 2 atom stereocenters. The highest BCUT2D eigenvalue weighted by Gasteiger charge is 2.47. The molecule has 4 N–H and O–H groups in total. The number of nitrogens with one attached hydrogen (secondary N) is 1. The molecule has 0 radical (unpaired) electrons. The fourth-order valence-corrected chi connectivity index (χ4v) is 7.08. The summed E-state index contributed by atoms with van der Waals surface area (Å²) in [5, 5.41) is 13.3. The second kappa shape index (κ2) is 14.9. The number of rotatable bonds is 11. The molecule has 3 heterocycles. The van der Waals surface area contributed by atoms with Gasteiger partial charge in [-0.25, -0.2) is 9.78 Å². The van der Waals surface area contributed by atoms with Crippen molar-refractivity contribution in [1.29, 1.82) is 0 Å². The van der Waals surface area contributed by atoms with Gasteiger partial charge in [0.1, 0.15) is 25.0 Å². The Labute approximate surface area is 268 Å². The lowest BCUT2D eigenvalue weighted by Crippen LogP contribution is -2.62. The maximum absolute atomic E-state index is 14.7. The molecule has 2 aromatic carbocycles. The van der Waals surface area contributed by atoms with Crippen LogP contribution < -0.4 is 11.1 Å². The molecule has 0 spiro atoms. The molecule has 9 nitrogen and oxygen atoms in total. The molecule has 0 unspecified atom stereocenters. The number of hydrogen-bond donors (Lipinski definition) is 3. The minimum Gasteiger partial charge on any atom is -0.395 e. The Morgan fingerprint density at radius 2 is 1.71 bits per heavy atom. The smallest absolute Gasteiger partial charge is 0.395 e. The van der Waals surface area contributed by atoms with E-state index in [-0.39, 0.29) is 18.7 Å². The van der Waals surface area contributed by atoms with Crippen molar-refractivity contribution in [2.45, 2.75) is 84.0 Å². The number of aliphatic hydroxyl groups excluding tert-OH is 1. The highest BCUT2D eigenvalue weighted by atomic mass is 16.8. The Morgan fingerprint density at radius 3 is 2.33 bits per heavy atom. The molecule has 3 aromatic rings. The minimum atomic E-state index is -0.438. The molecule has 1 amide bonds. The number of imidazole rings is 1. The highest BCUT2D eigenvalue weighted by Crippen LogP contribution is 2.40. The lowest BCUT2D eigenvalue weighted by Gasteiger charge is -2.46. The van der Waals surface area contributed by atoms with Crippen molar-refractivity contribution in [3.05, 3.63) is 78.2 Å². The summed E-state index contributed by atoms with van der Waals surface area (Å²) >= 11 is 0. The van der Waals surface area contributed by atoms with Crippen LogP contribution in [0.5, 0.6) is 0 Å². The number of likely N-dealkylation sites (tertiary alicyclic amines) is 1. The minimum absolute atomic E-state index is 0.140. The zero-order chi connectivity index (χ0) is 31.9. The van der Waals surface area contributed by atoms with Crippen molar-refractivity contribution in [2.24, 2.45) is 11.1 Å². The molecule has 0 aliphatic carbocycles. The predicted molar refractivity (Wildman–Crippen MR) is 178 cm³/mol. The Bertz CT molecular complexity index is 1340. The topological polar surface area (TPSA) is 106 Å². The van der Waals surface area contributed by atoms with Gasteiger partial charge in [0.05, 0.1) is 18.3 Å². The van der Waals surface area contributed by atoms with Gasteiger partial charge in [-0.05, 0) is 23.8 Å². The fraction of sp³-hybridized carbons (Fsp3) is 0.556. The number of benzene rings is 2. The molecule has 1 aromatic heterocycles. The van der Waals surface area contributed by atoms with Gasteiger partial charge in [-0.3, -0.25) is 9.74 Å². The standard InChI is InChI=1S/C36H53N6O3/c1-36(2,3)33(34-39-32(29-15-9-5-10-16-29)26-40(34)25-28-13-7-4-8-14-28)41(22-19-30(37)27-43)35(44)45-42(23-11-6-12-24-42)31-17-20-38-21-18-31/h4-5,7-10,13-16,26,30-31,33,38,43H,6,11-12,17-25,27,37H2,1-3H3/q+1/t30-,33-/m0/s1. The first-order valence-corrected chi connectivity index (χ1v) is 16.8. The van der Waals surface area contributed by atoms with Gasteiger partial charge in [0, 0.05) is 69.7 Å². The van der Waals surface area contributed by atoms with E-state index in [1.807, 2.05) is 41.3 Å². The maximum Gasteiger partial charge on any atom is 0.465 e. The van der Waals surface area contributed by atoms with Gasteiger partial charge in [0.2, 0.25) is 0 Å². The molecular formula is C36H53N6O3+. The number of aromatic nitrogens is 2. The molecule has 0 saturated carbocycles. The number of carbonyl (C=O) groups excluding carboxylic acids is 1. The lowest BCUT2D eigenvalue weighted by atomic mass is 9.84. The van der Waals surface area contributed by atoms with E-state index in [1.54, 1.807) is 0 Å². The van der Waals surface area contributed by atoms with E-state index in [9.17, 15) is 9.90 Å². The molecule has 2 saturated heterocycles. The predicted octanol–water partition coefficient (Wildman–Crippen LogP) is 5.50. The Morgan fingerprint density at radius 1 is 1.07 bits per heavy atom. The molecule has 2 aliphatic rings. The van der Waals surface area contributed by atoms with Crippen LogP contribution in [0.4, 0.5) is 4.79 Å². The molecule has 2 fully saturated rings. The third-order valence-electron chi connectivity index (χ3n) is 9.47. The van der Waals surface area contributed by atoms with Gasteiger partial charge in [-0.15, -0.1) is 4.65 Å². The molecule has 5 rings (SSSR count). The number of amides is 1. The Kier molecular flexibility index (Phi) is 11.0. The van der Waals surface area contributed by atoms with Crippen LogP contribution in [-0.2, 0) is 11.4 Å². The van der Waals surface area contributed by atoms with E-state index >= 15 is 0 Å².